The van der Waals surface area contributed by atoms with Crippen LogP contribution in [0.15, 0.2) is 30.5 Å². The summed E-state index contributed by atoms with van der Waals surface area (Å²) in [6.07, 6.45) is 6.36. The maximum absolute atomic E-state index is 11.7. The van der Waals surface area contributed by atoms with Crippen LogP contribution in [0.5, 0.6) is 0 Å². The Balaban J connectivity index is 1.51. The number of nitrogens with zero attached hydrogens (tertiary/aromatic N) is 4. The second-order valence-corrected chi connectivity index (χ2v) is 8.77. The lowest BCUT2D eigenvalue weighted by Gasteiger charge is -2.35. The van der Waals surface area contributed by atoms with Crippen LogP contribution in [-0.4, -0.2) is 38.8 Å². The van der Waals surface area contributed by atoms with Gasteiger partial charge in [-0.05, 0) is 36.4 Å². The Morgan fingerprint density at radius 2 is 1.97 bits per heavy atom. The zero-order valence-corrected chi connectivity index (χ0v) is 17.9. The molecule has 0 radical (unpaired) electrons. The molecule has 5 nitrogen and oxygen atoms in total. The van der Waals surface area contributed by atoms with Gasteiger partial charge in [-0.3, -0.25) is 9.69 Å². The lowest BCUT2D eigenvalue weighted by Crippen LogP contribution is -2.36. The molecule has 29 heavy (non-hydrogen) atoms. The van der Waals surface area contributed by atoms with Gasteiger partial charge in [-0.25, -0.2) is 9.97 Å². The highest BCUT2D eigenvalue weighted by Gasteiger charge is 2.28. The summed E-state index contributed by atoms with van der Waals surface area (Å²) >= 11 is 0. The number of likely N-dealkylation sites (tertiary alicyclic amines) is 1. The van der Waals surface area contributed by atoms with Crippen molar-refractivity contribution >= 4 is 5.91 Å². The van der Waals surface area contributed by atoms with E-state index in [1.807, 2.05) is 11.1 Å². The lowest BCUT2D eigenvalue weighted by atomic mass is 9.98. The van der Waals surface area contributed by atoms with E-state index in [9.17, 15) is 4.79 Å². The first kappa shape index (κ1) is 20.0. The maximum Gasteiger partial charge on any atom is 0.219 e. The van der Waals surface area contributed by atoms with Crippen molar-refractivity contribution in [3.05, 3.63) is 58.7 Å². The third kappa shape index (κ3) is 4.50. The second kappa shape index (κ2) is 8.62. The van der Waals surface area contributed by atoms with Gasteiger partial charge in [0.15, 0.2) is 0 Å². The SMILES string of the molecule is CC(=O)N1CCc2nc([C@H]3CCCCN3Cc3ccc(C(C)C)cc3)ncc2C1. The zero-order valence-electron chi connectivity index (χ0n) is 17.9. The minimum Gasteiger partial charge on any atom is -0.338 e. The molecule has 3 heterocycles. The lowest BCUT2D eigenvalue weighted by molar-refractivity contribution is -0.129. The van der Waals surface area contributed by atoms with E-state index in [1.54, 1.807) is 6.92 Å². The molecule has 1 atom stereocenters. The molecule has 0 unspecified atom stereocenters. The van der Waals surface area contributed by atoms with Crippen molar-refractivity contribution in [2.24, 2.45) is 0 Å². The molecule has 1 saturated heterocycles. The molecule has 2 aliphatic rings. The third-order valence-corrected chi connectivity index (χ3v) is 6.34. The number of amides is 1. The van der Waals surface area contributed by atoms with Crippen LogP contribution in [0.2, 0.25) is 0 Å². The fourth-order valence-electron chi connectivity index (χ4n) is 4.48. The molecule has 1 fully saturated rings. The summed E-state index contributed by atoms with van der Waals surface area (Å²) in [6, 6.07) is 9.34. The van der Waals surface area contributed by atoms with Crippen molar-refractivity contribution in [1.29, 1.82) is 0 Å². The van der Waals surface area contributed by atoms with Crippen molar-refractivity contribution in [3.63, 3.8) is 0 Å². The van der Waals surface area contributed by atoms with Crippen molar-refractivity contribution in [2.75, 3.05) is 13.1 Å². The van der Waals surface area contributed by atoms with Crippen LogP contribution in [0.3, 0.4) is 0 Å². The number of carbonyl (C=O) groups is 1. The van der Waals surface area contributed by atoms with Gasteiger partial charge < -0.3 is 4.90 Å². The number of fused-ring (bicyclic) bond motifs is 1. The number of rotatable bonds is 4. The standard InChI is InChI=1S/C24H32N4O/c1-17(2)20-9-7-19(8-10-20)15-28-12-5-4-6-23(28)24-25-14-21-16-27(18(3)29)13-11-22(21)26-24/h7-10,14,17,23H,4-6,11-13,15-16H2,1-3H3/t23-/m1/s1. The van der Waals surface area contributed by atoms with Crippen molar-refractivity contribution < 1.29 is 4.79 Å². The molecular weight excluding hydrogens is 360 g/mol. The largest absolute Gasteiger partial charge is 0.338 e. The average molecular weight is 393 g/mol. The van der Waals surface area contributed by atoms with Gasteiger partial charge in [0.2, 0.25) is 5.91 Å². The van der Waals surface area contributed by atoms with Crippen LogP contribution in [0, 0.1) is 0 Å². The summed E-state index contributed by atoms with van der Waals surface area (Å²) in [5, 5.41) is 0. The normalized spacial score (nSPS) is 20.0. The molecular formula is C24H32N4O. The Labute approximate surface area is 174 Å². The first-order valence-corrected chi connectivity index (χ1v) is 10.9. The molecule has 4 rings (SSSR count). The number of carbonyl (C=O) groups excluding carboxylic acids is 1. The number of piperidine rings is 1. The van der Waals surface area contributed by atoms with E-state index < -0.39 is 0 Å². The van der Waals surface area contributed by atoms with Crippen LogP contribution in [0.25, 0.3) is 0 Å². The molecule has 2 aliphatic heterocycles. The predicted molar refractivity (Wildman–Crippen MR) is 114 cm³/mol. The molecule has 1 aromatic heterocycles. The van der Waals surface area contributed by atoms with Crippen molar-refractivity contribution in [3.8, 4) is 0 Å². The fourth-order valence-corrected chi connectivity index (χ4v) is 4.48. The summed E-state index contributed by atoms with van der Waals surface area (Å²) in [5.41, 5.74) is 4.97. The molecule has 2 aromatic rings. The number of aromatic nitrogens is 2. The highest BCUT2D eigenvalue weighted by molar-refractivity contribution is 5.73. The van der Waals surface area contributed by atoms with E-state index in [1.165, 1.54) is 24.0 Å². The molecule has 5 heteroatoms. The summed E-state index contributed by atoms with van der Waals surface area (Å²) in [4.78, 5) is 25.8. The minimum absolute atomic E-state index is 0.127. The van der Waals surface area contributed by atoms with E-state index >= 15 is 0 Å². The average Bonchev–Trinajstić information content (AvgIpc) is 2.73. The van der Waals surface area contributed by atoms with Gasteiger partial charge in [-0.15, -0.1) is 0 Å². The number of hydrogen-bond acceptors (Lipinski definition) is 4. The maximum atomic E-state index is 11.7. The van der Waals surface area contributed by atoms with Gasteiger partial charge in [-0.1, -0.05) is 44.5 Å². The molecule has 0 aliphatic carbocycles. The van der Waals surface area contributed by atoms with E-state index in [-0.39, 0.29) is 11.9 Å². The van der Waals surface area contributed by atoms with Gasteiger partial charge in [0.1, 0.15) is 5.82 Å². The van der Waals surface area contributed by atoms with Crippen molar-refractivity contribution in [2.45, 2.75) is 71.5 Å². The van der Waals surface area contributed by atoms with Gasteiger partial charge in [0, 0.05) is 44.7 Å². The van der Waals surface area contributed by atoms with Crippen molar-refractivity contribution in [1.82, 2.24) is 19.8 Å². The van der Waals surface area contributed by atoms with E-state index in [0.717, 1.165) is 49.6 Å². The Hall–Kier alpha value is -2.27. The highest BCUT2D eigenvalue weighted by atomic mass is 16.2. The molecule has 0 saturated carbocycles. The Morgan fingerprint density at radius 1 is 1.17 bits per heavy atom. The van der Waals surface area contributed by atoms with E-state index in [2.05, 4.69) is 43.0 Å². The molecule has 154 valence electrons. The van der Waals surface area contributed by atoms with Gasteiger partial charge >= 0.3 is 0 Å². The van der Waals surface area contributed by atoms with Crippen LogP contribution in [0.4, 0.5) is 0 Å². The smallest absolute Gasteiger partial charge is 0.219 e. The molecule has 0 spiro atoms. The minimum atomic E-state index is 0.127. The number of hydrogen-bond donors (Lipinski definition) is 0. The predicted octanol–water partition coefficient (Wildman–Crippen LogP) is 4.23. The third-order valence-electron chi connectivity index (χ3n) is 6.34. The first-order valence-electron chi connectivity index (χ1n) is 10.9. The van der Waals surface area contributed by atoms with Crippen LogP contribution in [-0.2, 0) is 24.3 Å². The van der Waals surface area contributed by atoms with Gasteiger partial charge in [-0.2, -0.15) is 0 Å². The molecule has 1 amide bonds. The Bertz CT molecular complexity index is 862. The molecule has 0 N–H and O–H groups in total. The van der Waals surface area contributed by atoms with Crippen LogP contribution >= 0.6 is 0 Å². The highest BCUT2D eigenvalue weighted by Crippen LogP contribution is 2.31. The molecule has 0 bridgehead atoms. The zero-order chi connectivity index (χ0) is 20.4. The topological polar surface area (TPSA) is 49.3 Å². The van der Waals surface area contributed by atoms with Crippen LogP contribution in [0.1, 0.15) is 80.2 Å². The summed E-state index contributed by atoms with van der Waals surface area (Å²) in [6.45, 7) is 9.54. The first-order chi connectivity index (χ1) is 14.0. The Morgan fingerprint density at radius 3 is 2.69 bits per heavy atom. The second-order valence-electron chi connectivity index (χ2n) is 8.77. The summed E-state index contributed by atoms with van der Waals surface area (Å²) < 4.78 is 0. The monoisotopic (exact) mass is 392 g/mol. The quantitative estimate of drug-likeness (QED) is 0.781. The fraction of sp³-hybridized carbons (Fsp3) is 0.542. The van der Waals surface area contributed by atoms with Gasteiger partial charge in [0.25, 0.3) is 0 Å². The van der Waals surface area contributed by atoms with E-state index in [0.29, 0.717) is 12.5 Å². The molecule has 1 aromatic carbocycles. The number of benzene rings is 1. The summed E-state index contributed by atoms with van der Waals surface area (Å²) in [5.74, 6) is 1.65. The Kier molecular flexibility index (Phi) is 5.95. The van der Waals surface area contributed by atoms with E-state index in [4.69, 9.17) is 9.97 Å². The summed E-state index contributed by atoms with van der Waals surface area (Å²) in [7, 11) is 0. The van der Waals surface area contributed by atoms with Crippen LogP contribution < -0.4 is 0 Å². The van der Waals surface area contributed by atoms with Gasteiger partial charge in [0.05, 0.1) is 11.7 Å².